The van der Waals surface area contributed by atoms with E-state index in [-0.39, 0.29) is 23.1 Å². The molecule has 0 bridgehead atoms. The molecule has 1 saturated heterocycles. The molecule has 8 heteroatoms. The van der Waals surface area contributed by atoms with Gasteiger partial charge in [-0.25, -0.2) is 18.7 Å². The second-order valence-corrected chi connectivity index (χ2v) is 6.40. The van der Waals surface area contributed by atoms with Crippen molar-refractivity contribution in [3.05, 3.63) is 59.4 Å². The van der Waals surface area contributed by atoms with Crippen LogP contribution in [0.25, 0.3) is 11.7 Å². The highest BCUT2D eigenvalue weighted by molar-refractivity contribution is 5.94. The minimum absolute atomic E-state index is 0.0506. The van der Waals surface area contributed by atoms with Gasteiger partial charge in [-0.05, 0) is 38.0 Å². The average Bonchev–Trinajstić information content (AvgIpc) is 3.29. The Morgan fingerprint density at radius 1 is 1.41 bits per heavy atom. The van der Waals surface area contributed by atoms with Gasteiger partial charge in [0.2, 0.25) is 0 Å². The van der Waals surface area contributed by atoms with E-state index in [9.17, 15) is 14.3 Å². The van der Waals surface area contributed by atoms with Crippen LogP contribution in [0.5, 0.6) is 0 Å². The number of pyridine rings is 1. The topological polar surface area (TPSA) is 83.6 Å². The van der Waals surface area contributed by atoms with Crippen molar-refractivity contribution in [2.75, 3.05) is 11.4 Å². The summed E-state index contributed by atoms with van der Waals surface area (Å²) in [7, 11) is 0. The molecule has 138 valence electrons. The van der Waals surface area contributed by atoms with Crippen LogP contribution < -0.4 is 4.90 Å². The predicted molar refractivity (Wildman–Crippen MR) is 98.2 cm³/mol. The Hall–Kier alpha value is -3.29. The maximum atomic E-state index is 13.9. The molecule has 1 aliphatic heterocycles. The summed E-state index contributed by atoms with van der Waals surface area (Å²) in [6.07, 6.45) is 9.70. The maximum absolute atomic E-state index is 13.9. The van der Waals surface area contributed by atoms with E-state index >= 15 is 0 Å². The molecule has 0 radical (unpaired) electrons. The van der Waals surface area contributed by atoms with Crippen molar-refractivity contribution in [1.82, 2.24) is 19.6 Å². The molecule has 0 saturated carbocycles. The molecule has 3 aromatic rings. The molecule has 3 aromatic heterocycles. The fourth-order valence-corrected chi connectivity index (χ4v) is 3.56. The SMILES string of the molecule is C/C=C/c1ncc(F)cc1[C@@H]1CCCN1c1ccn2ncc(C(=O)O)c2n1. The van der Waals surface area contributed by atoms with E-state index in [1.165, 1.54) is 23.0 Å². The minimum atomic E-state index is -1.07. The van der Waals surface area contributed by atoms with Crippen molar-refractivity contribution in [3.8, 4) is 0 Å². The van der Waals surface area contributed by atoms with Crippen molar-refractivity contribution >= 4 is 23.5 Å². The molecule has 0 aliphatic carbocycles. The number of carboxylic acid groups (broad SMARTS) is 1. The summed E-state index contributed by atoms with van der Waals surface area (Å²) in [5.41, 5.74) is 1.87. The lowest BCUT2D eigenvalue weighted by Gasteiger charge is -2.27. The van der Waals surface area contributed by atoms with E-state index in [1.54, 1.807) is 12.3 Å². The summed E-state index contributed by atoms with van der Waals surface area (Å²) in [4.78, 5) is 22.2. The first-order valence-corrected chi connectivity index (χ1v) is 8.71. The second kappa shape index (κ2) is 6.79. The number of halogens is 1. The van der Waals surface area contributed by atoms with Crippen LogP contribution in [-0.2, 0) is 0 Å². The highest BCUT2D eigenvalue weighted by atomic mass is 19.1. The number of carbonyl (C=O) groups is 1. The van der Waals surface area contributed by atoms with E-state index in [0.717, 1.165) is 30.6 Å². The van der Waals surface area contributed by atoms with Gasteiger partial charge in [-0.2, -0.15) is 5.10 Å². The Morgan fingerprint density at radius 2 is 2.26 bits per heavy atom. The standard InChI is InChI=1S/C19H18FN5O2/c1-2-4-15-13(9-12(20)10-21-15)16-5-3-7-24(16)17-6-8-25-18(23-17)14(11-22-25)19(26)27/h2,4,6,8-11,16H,3,5,7H2,1H3,(H,26,27)/b4-2+/t16-/m0/s1. The van der Waals surface area contributed by atoms with E-state index in [2.05, 4.69) is 20.0 Å². The first-order chi connectivity index (χ1) is 13.1. The van der Waals surface area contributed by atoms with Crippen LogP contribution >= 0.6 is 0 Å². The van der Waals surface area contributed by atoms with Gasteiger partial charge in [0, 0.05) is 18.3 Å². The molecule has 1 atom stereocenters. The molecular weight excluding hydrogens is 349 g/mol. The number of anilines is 1. The number of nitrogens with zero attached hydrogens (tertiary/aromatic N) is 5. The molecule has 7 nitrogen and oxygen atoms in total. The molecule has 1 N–H and O–H groups in total. The molecule has 4 heterocycles. The van der Waals surface area contributed by atoms with E-state index < -0.39 is 5.97 Å². The number of carboxylic acids is 1. The fraction of sp³-hybridized carbons (Fsp3) is 0.263. The third-order valence-corrected chi connectivity index (χ3v) is 4.73. The highest BCUT2D eigenvalue weighted by Gasteiger charge is 2.30. The van der Waals surface area contributed by atoms with Crippen LogP contribution in [0.15, 0.2) is 36.8 Å². The Morgan fingerprint density at radius 3 is 3.04 bits per heavy atom. The van der Waals surface area contributed by atoms with Gasteiger partial charge in [0.15, 0.2) is 5.65 Å². The van der Waals surface area contributed by atoms with Crippen LogP contribution in [0, 0.1) is 5.82 Å². The Labute approximate surface area is 154 Å². The monoisotopic (exact) mass is 367 g/mol. The van der Waals surface area contributed by atoms with Crippen LogP contribution in [0.3, 0.4) is 0 Å². The van der Waals surface area contributed by atoms with Crippen LogP contribution in [0.2, 0.25) is 0 Å². The lowest BCUT2D eigenvalue weighted by atomic mass is 10.0. The largest absolute Gasteiger partial charge is 0.477 e. The quantitative estimate of drug-likeness (QED) is 0.761. The molecule has 0 amide bonds. The van der Waals surface area contributed by atoms with Gasteiger partial charge in [-0.15, -0.1) is 0 Å². The number of rotatable bonds is 4. The lowest BCUT2D eigenvalue weighted by Crippen LogP contribution is -2.24. The summed E-state index contributed by atoms with van der Waals surface area (Å²) in [6.45, 7) is 2.64. The van der Waals surface area contributed by atoms with Crippen molar-refractivity contribution in [2.45, 2.75) is 25.8 Å². The Balaban J connectivity index is 1.78. The lowest BCUT2D eigenvalue weighted by molar-refractivity contribution is 0.0698. The number of aromatic carboxylic acids is 1. The molecule has 4 rings (SSSR count). The van der Waals surface area contributed by atoms with Gasteiger partial charge >= 0.3 is 5.97 Å². The van der Waals surface area contributed by atoms with E-state index in [1.807, 2.05) is 19.1 Å². The van der Waals surface area contributed by atoms with Crippen LogP contribution in [0.4, 0.5) is 10.2 Å². The third-order valence-electron chi connectivity index (χ3n) is 4.73. The van der Waals surface area contributed by atoms with Crippen LogP contribution in [-0.4, -0.2) is 37.2 Å². The Kier molecular flexibility index (Phi) is 4.31. The number of hydrogen-bond acceptors (Lipinski definition) is 5. The molecule has 0 spiro atoms. The van der Waals surface area contributed by atoms with Crippen molar-refractivity contribution in [1.29, 1.82) is 0 Å². The first kappa shape index (κ1) is 17.1. The summed E-state index contributed by atoms with van der Waals surface area (Å²) in [5, 5.41) is 13.3. The first-order valence-electron chi connectivity index (χ1n) is 8.71. The van der Waals surface area contributed by atoms with E-state index in [0.29, 0.717) is 5.82 Å². The summed E-state index contributed by atoms with van der Waals surface area (Å²) < 4.78 is 15.3. The maximum Gasteiger partial charge on any atom is 0.341 e. The highest BCUT2D eigenvalue weighted by Crippen LogP contribution is 2.37. The summed E-state index contributed by atoms with van der Waals surface area (Å²) in [6, 6.07) is 3.24. The van der Waals surface area contributed by atoms with Gasteiger partial charge in [0.05, 0.1) is 24.1 Å². The van der Waals surface area contributed by atoms with Crippen molar-refractivity contribution < 1.29 is 14.3 Å². The van der Waals surface area contributed by atoms with Gasteiger partial charge in [0.1, 0.15) is 17.2 Å². The molecular formula is C19H18FN5O2. The summed E-state index contributed by atoms with van der Waals surface area (Å²) >= 11 is 0. The van der Waals surface area contributed by atoms with Crippen molar-refractivity contribution in [2.24, 2.45) is 0 Å². The Bertz CT molecular complexity index is 1050. The smallest absolute Gasteiger partial charge is 0.341 e. The van der Waals surface area contributed by atoms with E-state index in [4.69, 9.17) is 0 Å². The zero-order chi connectivity index (χ0) is 19.0. The molecule has 27 heavy (non-hydrogen) atoms. The fourth-order valence-electron chi connectivity index (χ4n) is 3.56. The summed E-state index contributed by atoms with van der Waals surface area (Å²) in [5.74, 6) is -0.807. The predicted octanol–water partition coefficient (Wildman–Crippen LogP) is 3.34. The number of fused-ring (bicyclic) bond motifs is 1. The van der Waals surface area contributed by atoms with Gasteiger partial charge in [-0.3, -0.25) is 4.98 Å². The van der Waals surface area contributed by atoms with Crippen LogP contribution in [0.1, 0.15) is 47.4 Å². The molecule has 0 unspecified atom stereocenters. The average molecular weight is 367 g/mol. The third kappa shape index (κ3) is 3.03. The van der Waals surface area contributed by atoms with Gasteiger partial charge < -0.3 is 10.0 Å². The van der Waals surface area contributed by atoms with Gasteiger partial charge in [-0.1, -0.05) is 6.08 Å². The molecule has 0 aromatic carbocycles. The second-order valence-electron chi connectivity index (χ2n) is 6.40. The molecule has 1 aliphatic rings. The number of hydrogen-bond donors (Lipinski definition) is 1. The number of allylic oxidation sites excluding steroid dienone is 1. The normalized spacial score (nSPS) is 17.3. The zero-order valence-electron chi connectivity index (χ0n) is 14.7. The van der Waals surface area contributed by atoms with Crippen molar-refractivity contribution in [3.63, 3.8) is 0 Å². The zero-order valence-corrected chi connectivity index (χ0v) is 14.7. The molecule has 1 fully saturated rings. The van der Waals surface area contributed by atoms with Gasteiger partial charge in [0.25, 0.3) is 0 Å². The minimum Gasteiger partial charge on any atom is -0.477 e. The number of aromatic nitrogens is 4.